The number of aromatic nitrogens is 2. The average molecular weight is 276 g/mol. The summed E-state index contributed by atoms with van der Waals surface area (Å²) in [6.07, 6.45) is 7.81. The number of rotatable bonds is 6. The summed E-state index contributed by atoms with van der Waals surface area (Å²) in [5, 5.41) is 3.34. The van der Waals surface area contributed by atoms with Crippen LogP contribution in [-0.4, -0.2) is 27.5 Å². The first-order valence-corrected chi connectivity index (χ1v) is 7.75. The Bertz CT molecular complexity index is 504. The van der Waals surface area contributed by atoms with Gasteiger partial charge < -0.3 is 15.6 Å². The third-order valence-electron chi connectivity index (χ3n) is 4.42. The molecule has 1 heterocycles. The predicted octanol–water partition coefficient (Wildman–Crippen LogP) is 1.07. The summed E-state index contributed by atoms with van der Waals surface area (Å²) in [5.74, 6) is 0.843. The van der Waals surface area contributed by atoms with Gasteiger partial charge in [-0.1, -0.05) is 0 Å². The summed E-state index contributed by atoms with van der Waals surface area (Å²) in [6.45, 7) is 2.90. The first kappa shape index (κ1) is 13.6. The Balaban J connectivity index is 1.67. The lowest BCUT2D eigenvalue weighted by Gasteiger charge is -2.18. The van der Waals surface area contributed by atoms with Crippen LogP contribution in [0.5, 0.6) is 0 Å². The highest BCUT2D eigenvalue weighted by atomic mass is 16.1. The maximum Gasteiger partial charge on any atom is 0.234 e. The molecular formula is C15H24N4O. The molecule has 1 amide bonds. The summed E-state index contributed by atoms with van der Waals surface area (Å²) in [4.78, 5) is 16.2. The zero-order valence-electron chi connectivity index (χ0n) is 12.2. The summed E-state index contributed by atoms with van der Waals surface area (Å²) in [6, 6.07) is 0.300. The van der Waals surface area contributed by atoms with Crippen LogP contribution in [0.25, 0.3) is 0 Å². The first-order chi connectivity index (χ1) is 9.65. The molecule has 0 spiro atoms. The molecule has 0 bridgehead atoms. The van der Waals surface area contributed by atoms with E-state index in [1.54, 1.807) is 0 Å². The number of hydrogen-bond donors (Lipinski definition) is 2. The standard InChI is InChI=1S/C15H24N4O/c1-10-17-12-4-2-3-5-14(12)19(10)9-8-13(15(16)20)18-11-6-7-11/h11,13,18H,2-9H2,1H3,(H2,16,20). The van der Waals surface area contributed by atoms with E-state index < -0.39 is 0 Å². The molecule has 1 fully saturated rings. The molecule has 5 nitrogen and oxygen atoms in total. The van der Waals surface area contributed by atoms with Gasteiger partial charge in [-0.25, -0.2) is 4.98 Å². The van der Waals surface area contributed by atoms with Crippen LogP contribution in [0.2, 0.25) is 0 Å². The molecule has 1 saturated carbocycles. The van der Waals surface area contributed by atoms with Gasteiger partial charge in [-0.15, -0.1) is 0 Å². The van der Waals surface area contributed by atoms with Crippen molar-refractivity contribution >= 4 is 5.91 Å². The van der Waals surface area contributed by atoms with Gasteiger partial charge in [0.25, 0.3) is 0 Å². The van der Waals surface area contributed by atoms with Crippen molar-refractivity contribution in [3.8, 4) is 0 Å². The number of carbonyl (C=O) groups is 1. The van der Waals surface area contributed by atoms with Gasteiger partial charge in [0.2, 0.25) is 5.91 Å². The highest BCUT2D eigenvalue weighted by Gasteiger charge is 2.27. The van der Waals surface area contributed by atoms with Gasteiger partial charge in [0.1, 0.15) is 5.82 Å². The molecule has 0 saturated heterocycles. The van der Waals surface area contributed by atoms with Gasteiger partial charge >= 0.3 is 0 Å². The van der Waals surface area contributed by atoms with Crippen LogP contribution in [0.4, 0.5) is 0 Å². The lowest BCUT2D eigenvalue weighted by Crippen LogP contribution is -2.43. The Hall–Kier alpha value is -1.36. The molecule has 110 valence electrons. The number of nitrogens with two attached hydrogens (primary N) is 1. The number of nitrogens with one attached hydrogen (secondary N) is 1. The zero-order chi connectivity index (χ0) is 14.1. The first-order valence-electron chi connectivity index (χ1n) is 7.75. The Labute approximate surface area is 119 Å². The minimum absolute atomic E-state index is 0.205. The zero-order valence-corrected chi connectivity index (χ0v) is 12.2. The average Bonchev–Trinajstić information content (AvgIpc) is 3.17. The normalized spacial score (nSPS) is 19.6. The molecule has 3 rings (SSSR count). The molecule has 20 heavy (non-hydrogen) atoms. The second-order valence-electron chi connectivity index (χ2n) is 6.10. The molecule has 2 aliphatic carbocycles. The summed E-state index contributed by atoms with van der Waals surface area (Å²) in [5.41, 5.74) is 8.14. The molecule has 1 aromatic rings. The molecule has 3 N–H and O–H groups in total. The van der Waals surface area contributed by atoms with E-state index in [4.69, 9.17) is 5.73 Å². The smallest absolute Gasteiger partial charge is 0.234 e. The number of fused-ring (bicyclic) bond motifs is 1. The van der Waals surface area contributed by atoms with Crippen LogP contribution < -0.4 is 11.1 Å². The van der Waals surface area contributed by atoms with Crippen molar-refractivity contribution < 1.29 is 4.79 Å². The Morgan fingerprint density at radius 2 is 2.20 bits per heavy atom. The van der Waals surface area contributed by atoms with Crippen molar-refractivity contribution in [1.82, 2.24) is 14.9 Å². The van der Waals surface area contributed by atoms with Crippen LogP contribution in [-0.2, 0) is 24.2 Å². The number of imidazole rings is 1. The number of nitrogens with zero attached hydrogens (tertiary/aromatic N) is 2. The van der Waals surface area contributed by atoms with E-state index in [1.165, 1.54) is 37.1 Å². The van der Waals surface area contributed by atoms with Crippen molar-refractivity contribution in [3.05, 3.63) is 17.2 Å². The number of amides is 1. The topological polar surface area (TPSA) is 72.9 Å². The van der Waals surface area contributed by atoms with Gasteiger partial charge in [0.05, 0.1) is 11.7 Å². The van der Waals surface area contributed by atoms with E-state index in [2.05, 4.69) is 21.8 Å². The second-order valence-corrected chi connectivity index (χ2v) is 6.10. The van der Waals surface area contributed by atoms with E-state index in [-0.39, 0.29) is 11.9 Å². The number of hydrogen-bond acceptors (Lipinski definition) is 3. The van der Waals surface area contributed by atoms with Crippen LogP contribution in [0.15, 0.2) is 0 Å². The van der Waals surface area contributed by atoms with Gasteiger partial charge in [-0.3, -0.25) is 4.79 Å². The van der Waals surface area contributed by atoms with Crippen LogP contribution >= 0.6 is 0 Å². The predicted molar refractivity (Wildman–Crippen MR) is 77.4 cm³/mol. The van der Waals surface area contributed by atoms with E-state index >= 15 is 0 Å². The third kappa shape index (κ3) is 2.87. The molecule has 1 aromatic heterocycles. The Kier molecular flexibility index (Phi) is 3.78. The van der Waals surface area contributed by atoms with Gasteiger partial charge in [0, 0.05) is 18.3 Å². The van der Waals surface area contributed by atoms with Crippen LogP contribution in [0.1, 0.15) is 49.3 Å². The van der Waals surface area contributed by atoms with Gasteiger partial charge in [0.15, 0.2) is 0 Å². The maximum atomic E-state index is 11.5. The van der Waals surface area contributed by atoms with Crippen LogP contribution in [0, 0.1) is 6.92 Å². The fourth-order valence-corrected chi connectivity index (χ4v) is 3.13. The molecule has 5 heteroatoms. The summed E-state index contributed by atoms with van der Waals surface area (Å²) in [7, 11) is 0. The SMILES string of the molecule is Cc1nc2c(n1CCC(NC1CC1)C(N)=O)CCCC2. The maximum absolute atomic E-state index is 11.5. The lowest BCUT2D eigenvalue weighted by molar-refractivity contribution is -0.120. The van der Waals surface area contributed by atoms with Crippen molar-refractivity contribution in [3.63, 3.8) is 0 Å². The molecular weight excluding hydrogens is 252 g/mol. The van der Waals surface area contributed by atoms with Crippen LogP contribution in [0.3, 0.4) is 0 Å². The van der Waals surface area contributed by atoms with Gasteiger partial charge in [-0.05, 0) is 51.9 Å². The number of carbonyl (C=O) groups excluding carboxylic acids is 1. The van der Waals surface area contributed by atoms with Gasteiger partial charge in [-0.2, -0.15) is 0 Å². The third-order valence-corrected chi connectivity index (χ3v) is 4.42. The lowest BCUT2D eigenvalue weighted by atomic mass is 10.0. The summed E-state index contributed by atoms with van der Waals surface area (Å²) < 4.78 is 2.29. The van der Waals surface area contributed by atoms with Crippen molar-refractivity contribution in [2.75, 3.05) is 0 Å². The molecule has 1 unspecified atom stereocenters. The minimum atomic E-state index is -0.233. The monoisotopic (exact) mass is 276 g/mol. The molecule has 0 aromatic carbocycles. The number of aryl methyl sites for hydroxylation is 2. The largest absolute Gasteiger partial charge is 0.368 e. The Morgan fingerprint density at radius 1 is 1.45 bits per heavy atom. The summed E-state index contributed by atoms with van der Waals surface area (Å²) >= 11 is 0. The second kappa shape index (κ2) is 5.56. The van der Waals surface area contributed by atoms with E-state index in [0.717, 1.165) is 31.6 Å². The van der Waals surface area contributed by atoms with E-state index in [9.17, 15) is 4.79 Å². The highest BCUT2D eigenvalue weighted by Crippen LogP contribution is 2.23. The van der Waals surface area contributed by atoms with Crippen molar-refractivity contribution in [2.24, 2.45) is 5.73 Å². The fraction of sp³-hybridized carbons (Fsp3) is 0.733. The quantitative estimate of drug-likeness (QED) is 0.816. The molecule has 2 aliphatic rings. The molecule has 1 atom stereocenters. The number of primary amides is 1. The van der Waals surface area contributed by atoms with Crippen molar-refractivity contribution in [1.29, 1.82) is 0 Å². The Morgan fingerprint density at radius 3 is 2.90 bits per heavy atom. The highest BCUT2D eigenvalue weighted by molar-refractivity contribution is 5.79. The van der Waals surface area contributed by atoms with E-state index in [0.29, 0.717) is 6.04 Å². The minimum Gasteiger partial charge on any atom is -0.368 e. The van der Waals surface area contributed by atoms with Crippen molar-refractivity contribution in [2.45, 2.75) is 70.5 Å². The fourth-order valence-electron chi connectivity index (χ4n) is 3.13. The van der Waals surface area contributed by atoms with E-state index in [1.807, 2.05) is 0 Å². The molecule has 0 radical (unpaired) electrons. The molecule has 0 aliphatic heterocycles.